The predicted molar refractivity (Wildman–Crippen MR) is 84.9 cm³/mol. The monoisotopic (exact) mass is 298 g/mol. The highest BCUT2D eigenvalue weighted by Gasteiger charge is 2.28. The van der Waals surface area contributed by atoms with E-state index >= 15 is 0 Å². The molecule has 0 aliphatic carbocycles. The Kier molecular flexibility index (Phi) is 7.50. The maximum atomic E-state index is 12.7. The van der Waals surface area contributed by atoms with Crippen LogP contribution in [0.3, 0.4) is 0 Å². The van der Waals surface area contributed by atoms with Gasteiger partial charge in [-0.25, -0.2) is 0 Å². The molecule has 20 heavy (non-hydrogen) atoms. The summed E-state index contributed by atoms with van der Waals surface area (Å²) in [7, 11) is -0.268. The van der Waals surface area contributed by atoms with E-state index in [1.165, 1.54) is 19.8 Å². The van der Waals surface area contributed by atoms with Crippen LogP contribution in [0.2, 0.25) is 0 Å². The Bertz CT molecular complexity index is 449. The summed E-state index contributed by atoms with van der Waals surface area (Å²) in [5, 5.41) is 0.740. The Labute approximate surface area is 123 Å². The molecule has 0 heterocycles. The van der Waals surface area contributed by atoms with Crippen LogP contribution in [0.25, 0.3) is 0 Å². The summed E-state index contributed by atoms with van der Waals surface area (Å²) in [6, 6.07) is 5.98. The molecule has 0 fully saturated rings. The first-order valence-corrected chi connectivity index (χ1v) is 9.00. The fourth-order valence-corrected chi connectivity index (χ4v) is 3.79. The van der Waals surface area contributed by atoms with E-state index in [9.17, 15) is 4.57 Å². The molecule has 4 heteroatoms. The van der Waals surface area contributed by atoms with E-state index in [-0.39, 0.29) is 0 Å². The van der Waals surface area contributed by atoms with Crippen molar-refractivity contribution in [1.29, 1.82) is 0 Å². The third kappa shape index (κ3) is 4.18. The quantitative estimate of drug-likeness (QED) is 0.630. The fraction of sp³-hybridized carbons (Fsp3) is 0.625. The van der Waals surface area contributed by atoms with Crippen LogP contribution >= 0.6 is 7.60 Å². The van der Waals surface area contributed by atoms with Crippen molar-refractivity contribution in [3.63, 3.8) is 0 Å². The zero-order valence-corrected chi connectivity index (χ0v) is 14.0. The van der Waals surface area contributed by atoms with Gasteiger partial charge in [0.1, 0.15) is 0 Å². The first kappa shape index (κ1) is 17.4. The molecule has 0 aliphatic heterocycles. The van der Waals surface area contributed by atoms with Crippen molar-refractivity contribution in [2.45, 2.75) is 52.4 Å². The molecule has 0 N–H and O–H groups in total. The van der Waals surface area contributed by atoms with Crippen molar-refractivity contribution in [2.24, 2.45) is 0 Å². The Balaban J connectivity index is 3.24. The Hall–Kier alpha value is -0.630. The van der Waals surface area contributed by atoms with Crippen LogP contribution in [0.1, 0.15) is 50.7 Å². The van der Waals surface area contributed by atoms with Crippen molar-refractivity contribution in [3.8, 4) is 0 Å². The van der Waals surface area contributed by atoms with Gasteiger partial charge in [-0.2, -0.15) is 0 Å². The van der Waals surface area contributed by atoms with Crippen molar-refractivity contribution in [3.05, 3.63) is 29.3 Å². The van der Waals surface area contributed by atoms with Gasteiger partial charge in [0.15, 0.2) is 0 Å². The van der Waals surface area contributed by atoms with Crippen LogP contribution in [0.15, 0.2) is 18.2 Å². The number of hydrogen-bond acceptors (Lipinski definition) is 3. The lowest BCUT2D eigenvalue weighted by Crippen LogP contribution is -2.16. The predicted octanol–water partition coefficient (Wildman–Crippen LogP) is 4.48. The molecule has 114 valence electrons. The maximum absolute atomic E-state index is 12.7. The molecule has 0 radical (unpaired) electrons. The van der Waals surface area contributed by atoms with Crippen molar-refractivity contribution < 1.29 is 13.6 Å². The van der Waals surface area contributed by atoms with E-state index in [1.807, 2.05) is 12.1 Å². The first-order chi connectivity index (χ1) is 9.62. The Morgan fingerprint density at radius 1 is 1.00 bits per heavy atom. The van der Waals surface area contributed by atoms with Gasteiger partial charge < -0.3 is 9.05 Å². The average Bonchev–Trinajstić information content (AvgIpc) is 2.50. The minimum absolute atomic E-state index is 0.740. The second kappa shape index (κ2) is 8.61. The summed E-state index contributed by atoms with van der Waals surface area (Å²) < 4.78 is 23.1. The molecule has 0 spiro atoms. The van der Waals surface area contributed by atoms with Gasteiger partial charge in [0.05, 0.1) is 5.30 Å². The van der Waals surface area contributed by atoms with Gasteiger partial charge in [0.2, 0.25) is 0 Å². The molecule has 0 aliphatic rings. The van der Waals surface area contributed by atoms with Gasteiger partial charge in [-0.15, -0.1) is 0 Å². The number of hydrogen-bond donors (Lipinski definition) is 0. The molecule has 0 saturated carbocycles. The van der Waals surface area contributed by atoms with Crippen LogP contribution in [0.5, 0.6) is 0 Å². The van der Waals surface area contributed by atoms with Gasteiger partial charge in [-0.1, -0.05) is 38.8 Å². The van der Waals surface area contributed by atoms with Gasteiger partial charge in [0, 0.05) is 14.2 Å². The van der Waals surface area contributed by atoms with E-state index in [2.05, 4.69) is 19.9 Å². The van der Waals surface area contributed by atoms with Crippen molar-refractivity contribution >= 4 is 12.9 Å². The maximum Gasteiger partial charge on any atom is 0.361 e. The molecule has 1 aromatic carbocycles. The third-order valence-electron chi connectivity index (χ3n) is 3.60. The highest BCUT2D eigenvalue weighted by molar-refractivity contribution is 7.62. The molecule has 0 atom stereocenters. The average molecular weight is 298 g/mol. The van der Waals surface area contributed by atoms with Gasteiger partial charge in [0.25, 0.3) is 0 Å². The first-order valence-electron chi connectivity index (χ1n) is 7.45. The van der Waals surface area contributed by atoms with E-state index in [0.717, 1.165) is 49.4 Å². The molecule has 0 saturated heterocycles. The van der Waals surface area contributed by atoms with Gasteiger partial charge in [-0.05, 0) is 42.9 Å². The molecular weight excluding hydrogens is 271 g/mol. The van der Waals surface area contributed by atoms with Crippen LogP contribution < -0.4 is 5.30 Å². The van der Waals surface area contributed by atoms with Crippen molar-refractivity contribution in [1.82, 2.24) is 0 Å². The minimum Gasteiger partial charge on any atom is -0.309 e. The largest absolute Gasteiger partial charge is 0.361 e. The van der Waals surface area contributed by atoms with Crippen LogP contribution in [0, 0.1) is 0 Å². The zero-order valence-electron chi connectivity index (χ0n) is 13.1. The third-order valence-corrected chi connectivity index (χ3v) is 5.57. The lowest BCUT2D eigenvalue weighted by molar-refractivity contribution is 0.287. The van der Waals surface area contributed by atoms with Crippen molar-refractivity contribution in [2.75, 3.05) is 14.2 Å². The molecule has 0 amide bonds. The number of benzene rings is 1. The fourth-order valence-electron chi connectivity index (χ4n) is 2.39. The minimum atomic E-state index is -3.17. The SMILES string of the molecule is CCCCc1cccc(P(=O)(OC)OC)c1CCCC. The summed E-state index contributed by atoms with van der Waals surface area (Å²) in [6.07, 6.45) is 6.46. The van der Waals surface area contributed by atoms with Crippen LogP contribution in [-0.4, -0.2) is 14.2 Å². The highest BCUT2D eigenvalue weighted by Crippen LogP contribution is 2.46. The van der Waals surface area contributed by atoms with E-state index in [0.29, 0.717) is 0 Å². The zero-order chi connectivity index (χ0) is 15.0. The second-order valence-electron chi connectivity index (χ2n) is 4.98. The lowest BCUT2D eigenvalue weighted by atomic mass is 9.98. The van der Waals surface area contributed by atoms with E-state index < -0.39 is 7.60 Å². The Morgan fingerprint density at radius 2 is 1.60 bits per heavy atom. The molecule has 1 rings (SSSR count). The molecular formula is C16H27O3P. The summed E-state index contributed by atoms with van der Waals surface area (Å²) in [5.74, 6) is 0. The molecule has 0 aromatic heterocycles. The van der Waals surface area contributed by atoms with Gasteiger partial charge in [-0.3, -0.25) is 4.57 Å². The summed E-state index contributed by atoms with van der Waals surface area (Å²) in [4.78, 5) is 0. The molecule has 0 unspecified atom stereocenters. The topological polar surface area (TPSA) is 35.5 Å². The molecule has 1 aromatic rings. The molecule has 0 bridgehead atoms. The standard InChI is InChI=1S/C16H27O3P/c1-5-7-10-14-11-9-13-16(15(14)12-8-6-2)20(17,18-3)19-4/h9,11,13H,5-8,10,12H2,1-4H3. The Morgan fingerprint density at radius 3 is 2.15 bits per heavy atom. The number of rotatable bonds is 9. The second-order valence-corrected chi connectivity index (χ2v) is 7.19. The lowest BCUT2D eigenvalue weighted by Gasteiger charge is -2.20. The van der Waals surface area contributed by atoms with Crippen LogP contribution in [-0.2, 0) is 26.5 Å². The smallest absolute Gasteiger partial charge is 0.309 e. The molecule has 3 nitrogen and oxygen atoms in total. The normalized spacial score (nSPS) is 11.8. The summed E-state index contributed by atoms with van der Waals surface area (Å²) in [6.45, 7) is 4.35. The summed E-state index contributed by atoms with van der Waals surface area (Å²) >= 11 is 0. The van der Waals surface area contributed by atoms with E-state index in [4.69, 9.17) is 9.05 Å². The number of unbranched alkanes of at least 4 members (excludes halogenated alkanes) is 2. The number of aryl methyl sites for hydroxylation is 1. The summed E-state index contributed by atoms with van der Waals surface area (Å²) in [5.41, 5.74) is 2.45. The van der Waals surface area contributed by atoms with Crippen LogP contribution in [0.4, 0.5) is 0 Å². The van der Waals surface area contributed by atoms with Gasteiger partial charge >= 0.3 is 7.60 Å². The highest BCUT2D eigenvalue weighted by atomic mass is 31.2. The van der Waals surface area contributed by atoms with E-state index in [1.54, 1.807) is 0 Å².